The molecule has 3 heterocycles. The average Bonchev–Trinajstić information content (AvgIpc) is 2.74. The van der Waals surface area contributed by atoms with E-state index in [0.29, 0.717) is 11.7 Å². The second-order valence-electron chi connectivity index (χ2n) is 7.45. The molecule has 0 bridgehead atoms. The number of piperazine rings is 1. The second kappa shape index (κ2) is 8.37. The maximum atomic E-state index is 12.8. The van der Waals surface area contributed by atoms with Crippen LogP contribution in [0.5, 0.6) is 5.75 Å². The van der Waals surface area contributed by atoms with Crippen LogP contribution in [-0.4, -0.2) is 71.1 Å². The lowest BCUT2D eigenvalue weighted by Gasteiger charge is -2.43. The van der Waals surface area contributed by atoms with Crippen LogP contribution < -0.4 is 4.90 Å². The predicted molar refractivity (Wildman–Crippen MR) is 110 cm³/mol. The third kappa shape index (κ3) is 4.23. The molecule has 2 aromatic rings. The number of anilines is 1. The summed E-state index contributed by atoms with van der Waals surface area (Å²) in [5, 5.41) is 10.1. The molecule has 1 unspecified atom stereocenters. The second-order valence-corrected chi connectivity index (χ2v) is 7.89. The van der Waals surface area contributed by atoms with Crippen molar-refractivity contribution in [1.29, 1.82) is 0 Å². The molecule has 1 N–H and O–H groups in total. The zero-order valence-electron chi connectivity index (χ0n) is 15.8. The Bertz CT molecular complexity index is 821. The van der Waals surface area contributed by atoms with Gasteiger partial charge in [-0.15, -0.1) is 0 Å². The first-order valence-corrected chi connectivity index (χ1v) is 10.2. The molecule has 6 nitrogen and oxygen atoms in total. The van der Waals surface area contributed by atoms with Crippen molar-refractivity contribution in [1.82, 2.24) is 14.8 Å². The Labute approximate surface area is 170 Å². The lowest BCUT2D eigenvalue weighted by molar-refractivity contribution is 0.0558. The molecule has 1 aromatic heterocycles. The normalized spacial score (nSPS) is 21.0. The predicted octanol–water partition coefficient (Wildman–Crippen LogP) is 2.87. The van der Waals surface area contributed by atoms with E-state index in [1.807, 2.05) is 23.1 Å². The topological polar surface area (TPSA) is 59.9 Å². The van der Waals surface area contributed by atoms with Crippen molar-refractivity contribution in [3.8, 4) is 5.75 Å². The summed E-state index contributed by atoms with van der Waals surface area (Å²) in [6, 6.07) is 11.5. The van der Waals surface area contributed by atoms with Gasteiger partial charge < -0.3 is 14.9 Å². The quantitative estimate of drug-likeness (QED) is 0.858. The van der Waals surface area contributed by atoms with Crippen LogP contribution in [0.3, 0.4) is 0 Å². The molecule has 2 saturated heterocycles. The molecule has 4 rings (SSSR count). The van der Waals surface area contributed by atoms with Crippen LogP contribution in [0.4, 0.5) is 5.69 Å². The fourth-order valence-corrected chi connectivity index (χ4v) is 4.31. The zero-order chi connectivity index (χ0) is 19.5. The van der Waals surface area contributed by atoms with Gasteiger partial charge in [0.2, 0.25) is 0 Å². The minimum atomic E-state index is -0.0535. The number of piperidine rings is 1. The van der Waals surface area contributed by atoms with Crippen LogP contribution in [0.2, 0.25) is 5.02 Å². The average molecular weight is 401 g/mol. The summed E-state index contributed by atoms with van der Waals surface area (Å²) in [5.74, 6) is 0.0212. The van der Waals surface area contributed by atoms with Gasteiger partial charge in [-0.3, -0.25) is 9.69 Å². The number of hydrogen-bond donors (Lipinski definition) is 1. The maximum absolute atomic E-state index is 12.8. The summed E-state index contributed by atoms with van der Waals surface area (Å²) in [6.45, 7) is 5.39. The number of hydrogen-bond acceptors (Lipinski definition) is 5. The Hall–Kier alpha value is -2.31. The van der Waals surface area contributed by atoms with Crippen LogP contribution in [-0.2, 0) is 0 Å². The molecule has 28 heavy (non-hydrogen) atoms. The first kappa shape index (κ1) is 19.0. The first-order valence-electron chi connectivity index (χ1n) is 9.79. The van der Waals surface area contributed by atoms with Crippen molar-refractivity contribution in [2.45, 2.75) is 18.9 Å². The summed E-state index contributed by atoms with van der Waals surface area (Å²) in [7, 11) is 0. The van der Waals surface area contributed by atoms with Gasteiger partial charge in [-0.1, -0.05) is 17.7 Å². The molecule has 0 saturated carbocycles. The Balaban J connectivity index is 1.35. The highest BCUT2D eigenvalue weighted by atomic mass is 35.5. The maximum Gasteiger partial charge on any atom is 0.272 e. The van der Waals surface area contributed by atoms with E-state index >= 15 is 0 Å². The number of benzene rings is 1. The van der Waals surface area contributed by atoms with Crippen molar-refractivity contribution in [3.05, 3.63) is 53.3 Å². The molecule has 2 fully saturated rings. The van der Waals surface area contributed by atoms with Crippen LogP contribution >= 0.6 is 11.6 Å². The number of likely N-dealkylation sites (tertiary alicyclic amines) is 1. The lowest BCUT2D eigenvalue weighted by atomic mass is 10.0. The Kier molecular flexibility index (Phi) is 5.69. The third-order valence-electron chi connectivity index (χ3n) is 5.65. The van der Waals surface area contributed by atoms with Gasteiger partial charge in [0.15, 0.2) is 0 Å². The highest BCUT2D eigenvalue weighted by Crippen LogP contribution is 2.24. The molecule has 2 aliphatic heterocycles. The molecular formula is C21H25ClN4O2. The van der Waals surface area contributed by atoms with Crippen LogP contribution in [0.25, 0.3) is 0 Å². The van der Waals surface area contributed by atoms with Gasteiger partial charge in [0.25, 0.3) is 5.91 Å². The molecule has 0 spiro atoms. The van der Waals surface area contributed by atoms with Gasteiger partial charge in [-0.25, -0.2) is 4.98 Å². The summed E-state index contributed by atoms with van der Waals surface area (Å²) in [5.41, 5.74) is 1.57. The van der Waals surface area contributed by atoms with Crippen molar-refractivity contribution in [3.63, 3.8) is 0 Å². The number of carbonyl (C=O) groups is 1. The molecule has 148 valence electrons. The number of carbonyl (C=O) groups excluding carboxylic acids is 1. The van der Waals surface area contributed by atoms with E-state index in [1.54, 1.807) is 6.07 Å². The molecule has 2 aliphatic rings. The number of aromatic nitrogens is 1. The zero-order valence-corrected chi connectivity index (χ0v) is 16.6. The van der Waals surface area contributed by atoms with Crippen molar-refractivity contribution >= 4 is 23.2 Å². The number of rotatable bonds is 3. The van der Waals surface area contributed by atoms with Crippen molar-refractivity contribution in [2.75, 3.05) is 44.2 Å². The van der Waals surface area contributed by atoms with Crippen LogP contribution in [0, 0.1) is 0 Å². The fourth-order valence-electron chi connectivity index (χ4n) is 4.13. The smallest absolute Gasteiger partial charge is 0.272 e. The number of aromatic hydroxyl groups is 1. The monoisotopic (exact) mass is 400 g/mol. The van der Waals surface area contributed by atoms with Gasteiger partial charge >= 0.3 is 0 Å². The largest absolute Gasteiger partial charge is 0.506 e. The molecule has 7 heteroatoms. The Morgan fingerprint density at radius 2 is 1.93 bits per heavy atom. The summed E-state index contributed by atoms with van der Waals surface area (Å²) < 4.78 is 0. The number of nitrogens with zero attached hydrogens (tertiary/aromatic N) is 4. The first-order chi connectivity index (χ1) is 13.6. The molecule has 1 amide bonds. The van der Waals surface area contributed by atoms with E-state index in [1.165, 1.54) is 18.0 Å². The molecular weight excluding hydrogens is 376 g/mol. The van der Waals surface area contributed by atoms with E-state index in [4.69, 9.17) is 11.6 Å². The van der Waals surface area contributed by atoms with Crippen LogP contribution in [0.1, 0.15) is 23.3 Å². The van der Waals surface area contributed by atoms with Gasteiger partial charge in [-0.05, 0) is 43.2 Å². The lowest BCUT2D eigenvalue weighted by Crippen LogP contribution is -2.56. The SMILES string of the molecule is O=C(c1ccc(O)cn1)N1CCCC(N2CCN(c3cccc(Cl)c3)CC2)C1. The van der Waals surface area contributed by atoms with Crippen molar-refractivity contribution in [2.24, 2.45) is 0 Å². The minimum Gasteiger partial charge on any atom is -0.506 e. The van der Waals surface area contributed by atoms with E-state index in [2.05, 4.69) is 20.9 Å². The number of pyridine rings is 1. The van der Waals surface area contributed by atoms with E-state index < -0.39 is 0 Å². The summed E-state index contributed by atoms with van der Waals surface area (Å²) in [4.78, 5) is 23.6. The highest BCUT2D eigenvalue weighted by molar-refractivity contribution is 6.30. The summed E-state index contributed by atoms with van der Waals surface area (Å²) >= 11 is 6.13. The van der Waals surface area contributed by atoms with E-state index in [-0.39, 0.29) is 11.7 Å². The number of amides is 1. The van der Waals surface area contributed by atoms with Gasteiger partial charge in [0, 0.05) is 56.0 Å². The molecule has 0 radical (unpaired) electrons. The third-order valence-corrected chi connectivity index (χ3v) is 5.89. The van der Waals surface area contributed by atoms with Crippen molar-refractivity contribution < 1.29 is 9.90 Å². The molecule has 1 aromatic carbocycles. The summed E-state index contributed by atoms with van der Waals surface area (Å²) in [6.07, 6.45) is 3.44. The van der Waals surface area contributed by atoms with Gasteiger partial charge in [0.05, 0.1) is 6.20 Å². The van der Waals surface area contributed by atoms with E-state index in [0.717, 1.165) is 57.1 Å². The van der Waals surface area contributed by atoms with Gasteiger partial charge in [0.1, 0.15) is 11.4 Å². The van der Waals surface area contributed by atoms with E-state index in [9.17, 15) is 9.90 Å². The highest BCUT2D eigenvalue weighted by Gasteiger charge is 2.30. The number of halogens is 1. The van der Waals surface area contributed by atoms with Gasteiger partial charge in [-0.2, -0.15) is 0 Å². The van der Waals surface area contributed by atoms with Crippen LogP contribution in [0.15, 0.2) is 42.6 Å². The Morgan fingerprint density at radius 1 is 1.11 bits per heavy atom. The fraction of sp³-hybridized carbons (Fsp3) is 0.429. The molecule has 0 aliphatic carbocycles. The minimum absolute atomic E-state index is 0.0535. The Morgan fingerprint density at radius 3 is 2.64 bits per heavy atom. The molecule has 1 atom stereocenters. The standard InChI is InChI=1S/C21H25ClN4O2/c22-16-3-1-4-17(13-16)24-9-11-25(12-10-24)18-5-2-8-26(15-18)21(28)20-7-6-19(27)14-23-20/h1,3-4,6-7,13-14,18,27H,2,5,8-12,15H2.